The van der Waals surface area contributed by atoms with Gasteiger partial charge in [0.25, 0.3) is 11.8 Å². The minimum absolute atomic E-state index is 0.213. The first-order valence-corrected chi connectivity index (χ1v) is 12.9. The van der Waals surface area contributed by atoms with Gasteiger partial charge in [0.1, 0.15) is 0 Å². The van der Waals surface area contributed by atoms with Crippen LogP contribution in [0.3, 0.4) is 0 Å². The normalized spacial score (nSPS) is 14.7. The molecule has 5 rings (SSSR count). The second-order valence-electron chi connectivity index (χ2n) is 10.00. The van der Waals surface area contributed by atoms with Crippen LogP contribution in [0.5, 0.6) is 0 Å². The van der Waals surface area contributed by atoms with E-state index in [9.17, 15) is 14.4 Å². The molecular weight excluding hydrogens is 480 g/mol. The molecule has 2 amide bonds. The maximum Gasteiger partial charge on any atom is 0.340 e. The Balaban J connectivity index is 1.65. The van der Waals surface area contributed by atoms with Crippen molar-refractivity contribution in [2.45, 2.75) is 39.3 Å². The zero-order valence-corrected chi connectivity index (χ0v) is 22.1. The molecule has 4 aromatic rings. The molecule has 8 heteroatoms. The number of benzene rings is 2. The number of hydrogen-bond acceptors (Lipinski definition) is 5. The van der Waals surface area contributed by atoms with E-state index in [-0.39, 0.29) is 6.10 Å². The summed E-state index contributed by atoms with van der Waals surface area (Å²) < 4.78 is 7.69. The topological polar surface area (TPSA) is 96.4 Å². The summed E-state index contributed by atoms with van der Waals surface area (Å²) >= 11 is 0. The first kappa shape index (κ1) is 25.5. The average Bonchev–Trinajstić information content (AvgIpc) is 3.56. The molecule has 0 saturated carbocycles. The lowest BCUT2D eigenvalue weighted by molar-refractivity contribution is -0.122. The summed E-state index contributed by atoms with van der Waals surface area (Å²) in [7, 11) is 4.09. The van der Waals surface area contributed by atoms with Crippen LogP contribution in [0.4, 0.5) is 0 Å². The van der Waals surface area contributed by atoms with Crippen LogP contribution >= 0.6 is 0 Å². The van der Waals surface area contributed by atoms with E-state index >= 15 is 0 Å². The van der Waals surface area contributed by atoms with E-state index < -0.39 is 17.8 Å². The number of ether oxygens (including phenoxy) is 1. The van der Waals surface area contributed by atoms with Crippen molar-refractivity contribution in [1.82, 2.24) is 19.8 Å². The molecule has 0 fully saturated rings. The van der Waals surface area contributed by atoms with Crippen LogP contribution in [-0.4, -0.2) is 59.0 Å². The minimum Gasteiger partial charge on any atom is -0.459 e. The third kappa shape index (κ3) is 4.52. The van der Waals surface area contributed by atoms with Crippen molar-refractivity contribution >= 4 is 50.7 Å². The third-order valence-corrected chi connectivity index (χ3v) is 7.08. The van der Waals surface area contributed by atoms with Gasteiger partial charge >= 0.3 is 5.97 Å². The lowest BCUT2D eigenvalue weighted by Crippen LogP contribution is -2.22. The van der Waals surface area contributed by atoms with Crippen molar-refractivity contribution in [3.63, 3.8) is 0 Å². The fraction of sp³-hybridized carbons (Fsp3) is 0.300. The number of rotatable bonds is 9. The average molecular weight is 513 g/mol. The standard InChI is InChI=1S/C30H32N4O4/c1-5-18(2)38-30(37)21-12-8-11-20-22(16-31-27(20)21)25-26(29(36)32-28(25)35)23-17-34(15-9-14-33(3)4)24-13-7-6-10-19(23)24/h6-8,10-13,16-18,31H,5,9,14-15H2,1-4H3,(H,32,35,36). The minimum atomic E-state index is -0.456. The summed E-state index contributed by atoms with van der Waals surface area (Å²) in [4.78, 5) is 44.6. The number of nitrogens with one attached hydrogen (secondary N) is 2. The Labute approximate surface area is 221 Å². The summed E-state index contributed by atoms with van der Waals surface area (Å²) in [5.41, 5.74) is 3.89. The molecule has 0 spiro atoms. The Hall–Kier alpha value is -4.17. The van der Waals surface area contributed by atoms with Gasteiger partial charge in [-0.3, -0.25) is 14.9 Å². The number of aryl methyl sites for hydroxylation is 1. The van der Waals surface area contributed by atoms with E-state index in [2.05, 4.69) is 19.8 Å². The molecule has 2 aromatic heterocycles. The molecule has 38 heavy (non-hydrogen) atoms. The second-order valence-corrected chi connectivity index (χ2v) is 10.00. The molecule has 0 aliphatic carbocycles. The van der Waals surface area contributed by atoms with Gasteiger partial charge in [-0.25, -0.2) is 4.79 Å². The molecule has 0 radical (unpaired) electrons. The Kier molecular flexibility index (Phi) is 6.91. The highest BCUT2D eigenvalue weighted by molar-refractivity contribution is 6.50. The summed E-state index contributed by atoms with van der Waals surface area (Å²) in [5, 5.41) is 4.08. The smallest absolute Gasteiger partial charge is 0.340 e. The maximum absolute atomic E-state index is 13.2. The van der Waals surface area contributed by atoms with Crippen molar-refractivity contribution in [3.8, 4) is 0 Å². The molecule has 1 aliphatic heterocycles. The number of carbonyl (C=O) groups is 3. The van der Waals surface area contributed by atoms with Gasteiger partial charge in [0.05, 0.1) is 28.3 Å². The molecule has 1 unspecified atom stereocenters. The molecule has 196 valence electrons. The highest BCUT2D eigenvalue weighted by Gasteiger charge is 2.35. The first-order valence-electron chi connectivity index (χ1n) is 12.9. The summed E-state index contributed by atoms with van der Waals surface area (Å²) in [5.74, 6) is -1.31. The van der Waals surface area contributed by atoms with Crippen molar-refractivity contribution in [2.24, 2.45) is 0 Å². The van der Waals surface area contributed by atoms with E-state index in [0.29, 0.717) is 45.2 Å². The largest absolute Gasteiger partial charge is 0.459 e. The van der Waals surface area contributed by atoms with E-state index in [0.717, 1.165) is 30.4 Å². The van der Waals surface area contributed by atoms with Crippen LogP contribution in [0, 0.1) is 0 Å². The predicted molar refractivity (Wildman–Crippen MR) is 149 cm³/mol. The van der Waals surface area contributed by atoms with E-state index in [1.807, 2.05) is 64.5 Å². The number of para-hydroxylation sites is 2. The number of fused-ring (bicyclic) bond motifs is 2. The monoisotopic (exact) mass is 512 g/mol. The molecule has 0 saturated heterocycles. The van der Waals surface area contributed by atoms with Crippen LogP contribution < -0.4 is 5.32 Å². The number of esters is 1. The van der Waals surface area contributed by atoms with Crippen LogP contribution in [0.2, 0.25) is 0 Å². The second kappa shape index (κ2) is 10.3. The van der Waals surface area contributed by atoms with Gasteiger partial charge in [-0.2, -0.15) is 0 Å². The molecule has 2 aromatic carbocycles. The van der Waals surface area contributed by atoms with Gasteiger partial charge < -0.3 is 19.2 Å². The Morgan fingerprint density at radius 1 is 1.00 bits per heavy atom. The van der Waals surface area contributed by atoms with Gasteiger partial charge in [-0.15, -0.1) is 0 Å². The zero-order valence-electron chi connectivity index (χ0n) is 22.1. The van der Waals surface area contributed by atoms with Crippen molar-refractivity contribution in [2.75, 3.05) is 20.6 Å². The van der Waals surface area contributed by atoms with Crippen molar-refractivity contribution in [1.29, 1.82) is 0 Å². The molecule has 3 heterocycles. The van der Waals surface area contributed by atoms with Crippen molar-refractivity contribution in [3.05, 3.63) is 71.5 Å². The van der Waals surface area contributed by atoms with E-state index in [4.69, 9.17) is 4.74 Å². The molecule has 1 atom stereocenters. The Morgan fingerprint density at radius 2 is 1.71 bits per heavy atom. The van der Waals surface area contributed by atoms with Gasteiger partial charge in [-0.05, 0) is 52.5 Å². The number of nitrogens with zero attached hydrogens (tertiary/aromatic N) is 2. The number of aromatic amines is 1. The fourth-order valence-electron chi connectivity index (χ4n) is 5.02. The molecule has 0 bridgehead atoms. The number of hydrogen-bond donors (Lipinski definition) is 2. The van der Waals surface area contributed by atoms with Crippen LogP contribution in [0.15, 0.2) is 54.9 Å². The lowest BCUT2D eigenvalue weighted by Gasteiger charge is -2.11. The maximum atomic E-state index is 13.2. The predicted octanol–water partition coefficient (Wildman–Crippen LogP) is 4.60. The Bertz CT molecular complexity index is 1590. The highest BCUT2D eigenvalue weighted by atomic mass is 16.5. The molecule has 1 aliphatic rings. The van der Waals surface area contributed by atoms with Crippen LogP contribution in [0.25, 0.3) is 33.0 Å². The number of aromatic nitrogens is 2. The summed E-state index contributed by atoms with van der Waals surface area (Å²) in [6.07, 6.45) is 5.10. The SMILES string of the molecule is CCC(C)OC(=O)c1cccc2c(C3=C(c4cn(CCCN(C)C)c5ccccc45)C(=O)NC3=O)c[nH]c12. The zero-order chi connectivity index (χ0) is 27.0. The van der Waals surface area contributed by atoms with Gasteiger partial charge in [0, 0.05) is 46.4 Å². The lowest BCUT2D eigenvalue weighted by atomic mass is 9.95. The molecular formula is C30H32N4O4. The summed E-state index contributed by atoms with van der Waals surface area (Å²) in [6, 6.07) is 13.2. The van der Waals surface area contributed by atoms with E-state index in [1.54, 1.807) is 18.3 Å². The molecule has 8 nitrogen and oxygen atoms in total. The molecule has 2 N–H and O–H groups in total. The van der Waals surface area contributed by atoms with Crippen LogP contribution in [0.1, 0.15) is 48.2 Å². The van der Waals surface area contributed by atoms with E-state index in [1.165, 1.54) is 0 Å². The number of imide groups is 1. The quantitative estimate of drug-likeness (QED) is 0.252. The van der Waals surface area contributed by atoms with Gasteiger partial charge in [-0.1, -0.05) is 37.3 Å². The number of carbonyl (C=O) groups excluding carboxylic acids is 3. The van der Waals surface area contributed by atoms with Crippen molar-refractivity contribution < 1.29 is 19.1 Å². The fourth-order valence-corrected chi connectivity index (χ4v) is 5.02. The first-order chi connectivity index (χ1) is 18.3. The number of amides is 2. The van der Waals surface area contributed by atoms with Gasteiger partial charge in [0.2, 0.25) is 0 Å². The summed E-state index contributed by atoms with van der Waals surface area (Å²) in [6.45, 7) is 5.52. The Morgan fingerprint density at radius 3 is 2.45 bits per heavy atom. The highest BCUT2D eigenvalue weighted by Crippen LogP contribution is 2.39. The van der Waals surface area contributed by atoms with Crippen LogP contribution in [-0.2, 0) is 20.9 Å². The number of H-pyrrole nitrogens is 1. The third-order valence-electron chi connectivity index (χ3n) is 7.08. The van der Waals surface area contributed by atoms with Gasteiger partial charge in [0.15, 0.2) is 0 Å².